The Morgan fingerprint density at radius 3 is 2.90 bits per heavy atom. The van der Waals surface area contributed by atoms with E-state index in [1.54, 1.807) is 35.4 Å². The van der Waals surface area contributed by atoms with Crippen molar-refractivity contribution in [2.45, 2.75) is 25.8 Å². The number of para-hydroxylation sites is 1. The topological polar surface area (TPSA) is 97.4 Å². The van der Waals surface area contributed by atoms with E-state index in [-0.39, 0.29) is 17.5 Å². The van der Waals surface area contributed by atoms with Crippen molar-refractivity contribution in [2.75, 3.05) is 20.3 Å². The number of likely N-dealkylation sites (tertiary alicyclic amines) is 1. The molecule has 8 heteroatoms. The lowest BCUT2D eigenvalue weighted by molar-refractivity contribution is 0.0725. The second kappa shape index (κ2) is 8.99. The van der Waals surface area contributed by atoms with Gasteiger partial charge in [0.05, 0.1) is 36.6 Å². The number of carbonyl (C=O) groups is 1. The molecule has 0 bridgehead atoms. The van der Waals surface area contributed by atoms with E-state index in [0.717, 1.165) is 6.42 Å². The second-order valence-electron chi connectivity index (χ2n) is 7.16. The van der Waals surface area contributed by atoms with Gasteiger partial charge in [-0.15, -0.1) is 0 Å². The van der Waals surface area contributed by atoms with Crippen molar-refractivity contribution < 1.29 is 14.3 Å². The van der Waals surface area contributed by atoms with Crippen molar-refractivity contribution in [3.63, 3.8) is 0 Å². The SMILES string of the molecule is CCOc1ccccc1C(=O)N1CCCC1c1nc(-c2cccnc2OC)cc(=O)[nH]1. The van der Waals surface area contributed by atoms with Crippen LogP contribution in [0, 0.1) is 0 Å². The van der Waals surface area contributed by atoms with Crippen LogP contribution in [0.3, 0.4) is 0 Å². The highest BCUT2D eigenvalue weighted by Gasteiger charge is 2.33. The number of nitrogens with zero attached hydrogens (tertiary/aromatic N) is 3. The van der Waals surface area contributed by atoms with Crippen LogP contribution in [0.2, 0.25) is 0 Å². The number of aromatic amines is 1. The van der Waals surface area contributed by atoms with Gasteiger partial charge < -0.3 is 19.4 Å². The number of hydrogen-bond acceptors (Lipinski definition) is 6. The molecule has 1 aliphatic rings. The van der Waals surface area contributed by atoms with Gasteiger partial charge in [-0.1, -0.05) is 12.1 Å². The summed E-state index contributed by atoms with van der Waals surface area (Å²) in [6.45, 7) is 2.93. The zero-order valence-corrected chi connectivity index (χ0v) is 17.5. The van der Waals surface area contributed by atoms with E-state index < -0.39 is 0 Å². The second-order valence-corrected chi connectivity index (χ2v) is 7.16. The summed E-state index contributed by atoms with van der Waals surface area (Å²) in [6, 6.07) is 11.8. The van der Waals surface area contributed by atoms with Crippen molar-refractivity contribution >= 4 is 5.91 Å². The van der Waals surface area contributed by atoms with E-state index in [0.29, 0.717) is 53.8 Å². The first-order valence-electron chi connectivity index (χ1n) is 10.3. The third kappa shape index (κ3) is 4.14. The largest absolute Gasteiger partial charge is 0.493 e. The Hall–Kier alpha value is -3.68. The Labute approximate surface area is 179 Å². The average molecular weight is 420 g/mol. The molecule has 1 aliphatic heterocycles. The predicted octanol–water partition coefficient (Wildman–Crippen LogP) is 3.22. The lowest BCUT2D eigenvalue weighted by atomic mass is 10.1. The summed E-state index contributed by atoms with van der Waals surface area (Å²) in [4.78, 5) is 39.2. The normalized spacial score (nSPS) is 15.7. The Morgan fingerprint density at radius 2 is 2.10 bits per heavy atom. The number of aromatic nitrogens is 3. The highest BCUT2D eigenvalue weighted by Crippen LogP contribution is 2.34. The monoisotopic (exact) mass is 420 g/mol. The molecule has 1 saturated heterocycles. The first-order chi connectivity index (χ1) is 15.1. The standard InChI is InChI=1S/C23H24N4O4/c1-3-31-19-11-5-4-8-16(19)23(29)27-13-7-10-18(27)21-25-17(14-20(28)26-21)15-9-6-12-24-22(15)30-2/h4-6,8-9,11-12,14,18H,3,7,10,13H2,1-2H3,(H,25,26,28). The first-order valence-corrected chi connectivity index (χ1v) is 10.3. The maximum Gasteiger partial charge on any atom is 0.258 e. The molecule has 160 valence electrons. The number of hydrogen-bond donors (Lipinski definition) is 1. The molecular weight excluding hydrogens is 396 g/mol. The third-order valence-electron chi connectivity index (χ3n) is 5.25. The van der Waals surface area contributed by atoms with Crippen molar-refractivity contribution in [1.82, 2.24) is 19.9 Å². The van der Waals surface area contributed by atoms with Crippen LogP contribution in [0.15, 0.2) is 53.5 Å². The molecule has 1 atom stereocenters. The van der Waals surface area contributed by atoms with Crippen molar-refractivity contribution in [3.05, 3.63) is 70.4 Å². The fourth-order valence-electron chi connectivity index (χ4n) is 3.89. The molecule has 1 aromatic carbocycles. The van der Waals surface area contributed by atoms with Gasteiger partial charge in [-0.3, -0.25) is 9.59 Å². The van der Waals surface area contributed by atoms with Gasteiger partial charge in [0.25, 0.3) is 11.5 Å². The lowest BCUT2D eigenvalue weighted by Gasteiger charge is -2.25. The van der Waals surface area contributed by atoms with Gasteiger partial charge in [-0.2, -0.15) is 0 Å². The molecule has 4 rings (SSSR count). The summed E-state index contributed by atoms with van der Waals surface area (Å²) in [5.74, 6) is 1.25. The van der Waals surface area contributed by atoms with Gasteiger partial charge in [0.1, 0.15) is 11.6 Å². The number of methoxy groups -OCH3 is 1. The Bertz CT molecular complexity index is 1140. The van der Waals surface area contributed by atoms with Crippen LogP contribution in [-0.4, -0.2) is 46.0 Å². The number of H-pyrrole nitrogens is 1. The van der Waals surface area contributed by atoms with Crippen LogP contribution in [0.1, 0.15) is 42.0 Å². The molecular formula is C23H24N4O4. The Balaban J connectivity index is 1.71. The van der Waals surface area contributed by atoms with Crippen LogP contribution < -0.4 is 15.0 Å². The zero-order chi connectivity index (χ0) is 21.8. The van der Waals surface area contributed by atoms with Gasteiger partial charge >= 0.3 is 0 Å². The minimum absolute atomic E-state index is 0.140. The summed E-state index contributed by atoms with van der Waals surface area (Å²) in [5, 5.41) is 0. The van der Waals surface area contributed by atoms with Crippen LogP contribution in [0.25, 0.3) is 11.3 Å². The summed E-state index contributed by atoms with van der Waals surface area (Å²) in [7, 11) is 1.52. The fourth-order valence-corrected chi connectivity index (χ4v) is 3.89. The molecule has 1 fully saturated rings. The molecule has 0 aliphatic carbocycles. The molecule has 3 heterocycles. The molecule has 0 radical (unpaired) electrons. The van der Waals surface area contributed by atoms with Crippen molar-refractivity contribution in [3.8, 4) is 22.9 Å². The minimum atomic E-state index is -0.336. The molecule has 1 N–H and O–H groups in total. The highest BCUT2D eigenvalue weighted by atomic mass is 16.5. The lowest BCUT2D eigenvalue weighted by Crippen LogP contribution is -2.32. The molecule has 1 unspecified atom stereocenters. The summed E-state index contributed by atoms with van der Waals surface area (Å²) >= 11 is 0. The maximum absolute atomic E-state index is 13.4. The van der Waals surface area contributed by atoms with Gasteiger partial charge in [0.15, 0.2) is 0 Å². The van der Waals surface area contributed by atoms with E-state index in [2.05, 4.69) is 15.0 Å². The van der Waals surface area contributed by atoms with E-state index in [9.17, 15) is 9.59 Å². The number of ether oxygens (including phenoxy) is 2. The van der Waals surface area contributed by atoms with Crippen LogP contribution in [0.4, 0.5) is 0 Å². The molecule has 31 heavy (non-hydrogen) atoms. The first kappa shape index (κ1) is 20.6. The Morgan fingerprint density at radius 1 is 1.26 bits per heavy atom. The van der Waals surface area contributed by atoms with Gasteiger partial charge in [-0.25, -0.2) is 9.97 Å². The third-order valence-corrected chi connectivity index (χ3v) is 5.25. The van der Waals surface area contributed by atoms with E-state index in [1.807, 2.05) is 19.1 Å². The molecule has 1 amide bonds. The summed E-state index contributed by atoms with van der Waals surface area (Å²) in [6.07, 6.45) is 3.14. The quantitative estimate of drug-likeness (QED) is 0.658. The number of benzene rings is 1. The molecule has 0 saturated carbocycles. The van der Waals surface area contributed by atoms with Gasteiger partial charge in [0.2, 0.25) is 5.88 Å². The minimum Gasteiger partial charge on any atom is -0.493 e. The average Bonchev–Trinajstić information content (AvgIpc) is 3.29. The van der Waals surface area contributed by atoms with Crippen molar-refractivity contribution in [1.29, 1.82) is 0 Å². The van der Waals surface area contributed by atoms with Gasteiger partial charge in [-0.05, 0) is 44.0 Å². The van der Waals surface area contributed by atoms with E-state index in [1.165, 1.54) is 13.2 Å². The fraction of sp³-hybridized carbons (Fsp3) is 0.304. The molecule has 0 spiro atoms. The maximum atomic E-state index is 13.4. The van der Waals surface area contributed by atoms with Crippen LogP contribution >= 0.6 is 0 Å². The number of pyridine rings is 1. The number of nitrogens with one attached hydrogen (secondary N) is 1. The number of carbonyl (C=O) groups excluding carboxylic acids is 1. The number of rotatable bonds is 6. The van der Waals surface area contributed by atoms with Crippen LogP contribution in [-0.2, 0) is 0 Å². The smallest absolute Gasteiger partial charge is 0.258 e. The zero-order valence-electron chi connectivity index (χ0n) is 17.5. The molecule has 2 aromatic heterocycles. The Kier molecular flexibility index (Phi) is 5.97. The van der Waals surface area contributed by atoms with E-state index >= 15 is 0 Å². The highest BCUT2D eigenvalue weighted by molar-refractivity contribution is 5.97. The van der Waals surface area contributed by atoms with E-state index in [4.69, 9.17) is 9.47 Å². The molecule has 3 aromatic rings. The summed E-state index contributed by atoms with van der Waals surface area (Å²) in [5.41, 5.74) is 1.29. The van der Waals surface area contributed by atoms with Crippen LogP contribution in [0.5, 0.6) is 11.6 Å². The predicted molar refractivity (Wildman–Crippen MR) is 115 cm³/mol. The summed E-state index contributed by atoms with van der Waals surface area (Å²) < 4.78 is 11.0. The van der Waals surface area contributed by atoms with Crippen molar-refractivity contribution in [2.24, 2.45) is 0 Å². The van der Waals surface area contributed by atoms with Gasteiger partial charge in [0, 0.05) is 18.8 Å². The number of amides is 1. The molecule has 8 nitrogen and oxygen atoms in total.